The first-order valence-corrected chi connectivity index (χ1v) is 4.50. The molecule has 0 spiro atoms. The van der Waals surface area contributed by atoms with Crippen molar-refractivity contribution in [2.24, 2.45) is 5.92 Å². The van der Waals surface area contributed by atoms with Gasteiger partial charge >= 0.3 is 0 Å². The summed E-state index contributed by atoms with van der Waals surface area (Å²) >= 11 is 0. The summed E-state index contributed by atoms with van der Waals surface area (Å²) in [6.07, 6.45) is 3.52. The normalized spacial score (nSPS) is 15.4. The van der Waals surface area contributed by atoms with Crippen molar-refractivity contribution in [3.63, 3.8) is 0 Å². The molecule has 0 heterocycles. The van der Waals surface area contributed by atoms with E-state index in [0.717, 1.165) is 12.8 Å². The third-order valence-electron chi connectivity index (χ3n) is 2.02. The minimum atomic E-state index is -0.560. The molecule has 0 rings (SSSR count). The molecule has 0 saturated carbocycles. The molecule has 0 aliphatic carbocycles. The lowest BCUT2D eigenvalue weighted by molar-refractivity contribution is 0.0507. The van der Waals surface area contributed by atoms with Gasteiger partial charge in [-0.05, 0) is 32.6 Å². The van der Waals surface area contributed by atoms with E-state index >= 15 is 0 Å². The predicted molar refractivity (Wildman–Crippen MR) is 50.9 cm³/mol. The number of aliphatic hydroxyl groups is 2. The van der Waals surface area contributed by atoms with Gasteiger partial charge in [0.1, 0.15) is 0 Å². The Kier molecular flexibility index (Phi) is 6.03. The van der Waals surface area contributed by atoms with Gasteiger partial charge in [-0.15, -0.1) is 0 Å². The summed E-state index contributed by atoms with van der Waals surface area (Å²) in [5, 5.41) is 17.9. The molecule has 2 nitrogen and oxygen atoms in total. The van der Waals surface area contributed by atoms with Crippen LogP contribution in [0.4, 0.5) is 0 Å². The fourth-order valence-corrected chi connectivity index (χ4v) is 1.01. The Bertz CT molecular complexity index is 137. The third kappa shape index (κ3) is 5.33. The van der Waals surface area contributed by atoms with E-state index in [0.29, 0.717) is 0 Å². The van der Waals surface area contributed by atoms with Gasteiger partial charge in [0.2, 0.25) is 0 Å². The Labute approximate surface area is 74.9 Å². The van der Waals surface area contributed by atoms with E-state index in [1.54, 1.807) is 0 Å². The second-order valence-electron chi connectivity index (χ2n) is 3.59. The maximum Gasteiger partial charge on any atom is 0.0796 e. The van der Waals surface area contributed by atoms with Crippen molar-refractivity contribution < 1.29 is 10.2 Å². The quantitative estimate of drug-likeness (QED) is 0.620. The van der Waals surface area contributed by atoms with Crippen LogP contribution in [0.25, 0.3) is 0 Å². The highest BCUT2D eigenvalue weighted by Crippen LogP contribution is 2.11. The molecule has 0 aliphatic heterocycles. The fourth-order valence-electron chi connectivity index (χ4n) is 1.01. The van der Waals surface area contributed by atoms with Crippen molar-refractivity contribution in [2.45, 2.75) is 39.7 Å². The van der Waals surface area contributed by atoms with E-state index in [1.165, 1.54) is 5.57 Å². The number of allylic oxidation sites excluding steroid dienone is 2. The van der Waals surface area contributed by atoms with Crippen molar-refractivity contribution in [3.8, 4) is 0 Å². The second kappa shape index (κ2) is 6.21. The minimum absolute atomic E-state index is 0.129. The van der Waals surface area contributed by atoms with Crippen LogP contribution in [0.2, 0.25) is 0 Å². The molecule has 72 valence electrons. The first-order valence-electron chi connectivity index (χ1n) is 4.50. The van der Waals surface area contributed by atoms with Crippen LogP contribution >= 0.6 is 0 Å². The zero-order valence-corrected chi connectivity index (χ0v) is 8.25. The van der Waals surface area contributed by atoms with E-state index in [4.69, 9.17) is 5.11 Å². The van der Waals surface area contributed by atoms with Gasteiger partial charge in [0, 0.05) is 0 Å². The second-order valence-corrected chi connectivity index (χ2v) is 3.59. The summed E-state index contributed by atoms with van der Waals surface area (Å²) in [6.45, 7) is 5.95. The average molecular weight is 172 g/mol. The van der Waals surface area contributed by atoms with Gasteiger partial charge < -0.3 is 10.2 Å². The van der Waals surface area contributed by atoms with Crippen molar-refractivity contribution in [1.29, 1.82) is 0 Å². The lowest BCUT2D eigenvalue weighted by Crippen LogP contribution is -2.21. The van der Waals surface area contributed by atoms with Gasteiger partial charge in [-0.25, -0.2) is 0 Å². The first kappa shape index (κ1) is 11.7. The molecule has 0 unspecified atom stereocenters. The number of rotatable bonds is 5. The molecular formula is C10H20O2. The monoisotopic (exact) mass is 172 g/mol. The molecule has 0 aromatic carbocycles. The summed E-state index contributed by atoms with van der Waals surface area (Å²) in [5.41, 5.74) is 1.31. The number of hydrogen-bond donors (Lipinski definition) is 2. The molecule has 0 saturated heterocycles. The van der Waals surface area contributed by atoms with Crippen molar-refractivity contribution in [1.82, 2.24) is 0 Å². The van der Waals surface area contributed by atoms with Crippen molar-refractivity contribution >= 4 is 0 Å². The molecule has 0 bridgehead atoms. The molecular weight excluding hydrogens is 152 g/mol. The summed E-state index contributed by atoms with van der Waals surface area (Å²) < 4.78 is 0. The average Bonchev–Trinajstić information content (AvgIpc) is 2.02. The van der Waals surface area contributed by atoms with Gasteiger partial charge in [-0.1, -0.05) is 18.6 Å². The van der Waals surface area contributed by atoms with Gasteiger partial charge in [0.25, 0.3) is 0 Å². The number of aliphatic hydroxyl groups excluding tert-OH is 2. The summed E-state index contributed by atoms with van der Waals surface area (Å²) in [6, 6.07) is 0. The van der Waals surface area contributed by atoms with Gasteiger partial charge in [0.15, 0.2) is 0 Å². The maximum absolute atomic E-state index is 9.22. The Balaban J connectivity index is 3.57. The Hall–Kier alpha value is -0.340. The van der Waals surface area contributed by atoms with Crippen LogP contribution in [-0.4, -0.2) is 22.9 Å². The standard InChI is InChI=1S/C10H20O2/c1-8(2)5-4-6-9(3)10(12)7-11/h5,9-12H,4,6-7H2,1-3H3/t9-,10+/m1/s1. The number of hydrogen-bond acceptors (Lipinski definition) is 2. The SMILES string of the molecule is CC(C)=CCC[C@@H](C)[C@@H](O)CO. The molecule has 0 radical (unpaired) electrons. The Morgan fingerprint density at radius 1 is 1.42 bits per heavy atom. The highest BCUT2D eigenvalue weighted by Gasteiger charge is 2.11. The van der Waals surface area contributed by atoms with Crippen LogP contribution in [-0.2, 0) is 0 Å². The maximum atomic E-state index is 9.22. The summed E-state index contributed by atoms with van der Waals surface area (Å²) in [7, 11) is 0. The molecule has 0 fully saturated rings. The lowest BCUT2D eigenvalue weighted by Gasteiger charge is -2.15. The molecule has 0 aromatic rings. The Morgan fingerprint density at radius 3 is 2.42 bits per heavy atom. The zero-order valence-electron chi connectivity index (χ0n) is 8.25. The van der Waals surface area contributed by atoms with Crippen LogP contribution in [0.1, 0.15) is 33.6 Å². The van der Waals surface area contributed by atoms with Gasteiger partial charge in [0.05, 0.1) is 12.7 Å². The minimum Gasteiger partial charge on any atom is -0.394 e. The van der Waals surface area contributed by atoms with E-state index in [-0.39, 0.29) is 12.5 Å². The van der Waals surface area contributed by atoms with Crippen LogP contribution in [0.3, 0.4) is 0 Å². The molecule has 0 aliphatic rings. The van der Waals surface area contributed by atoms with Gasteiger partial charge in [-0.3, -0.25) is 0 Å². The summed E-state index contributed by atoms with van der Waals surface area (Å²) in [4.78, 5) is 0. The summed E-state index contributed by atoms with van der Waals surface area (Å²) in [5.74, 6) is 0.186. The zero-order chi connectivity index (χ0) is 9.56. The van der Waals surface area contributed by atoms with Crippen LogP contribution in [0.5, 0.6) is 0 Å². The van der Waals surface area contributed by atoms with E-state index in [9.17, 15) is 5.11 Å². The van der Waals surface area contributed by atoms with Crippen molar-refractivity contribution in [3.05, 3.63) is 11.6 Å². The topological polar surface area (TPSA) is 40.5 Å². The van der Waals surface area contributed by atoms with Crippen molar-refractivity contribution in [2.75, 3.05) is 6.61 Å². The van der Waals surface area contributed by atoms with Gasteiger partial charge in [-0.2, -0.15) is 0 Å². The fraction of sp³-hybridized carbons (Fsp3) is 0.800. The third-order valence-corrected chi connectivity index (χ3v) is 2.02. The van der Waals surface area contributed by atoms with E-state index < -0.39 is 6.10 Å². The van der Waals surface area contributed by atoms with E-state index in [1.807, 2.05) is 6.92 Å². The highest BCUT2D eigenvalue weighted by molar-refractivity contribution is 4.92. The smallest absolute Gasteiger partial charge is 0.0796 e. The Morgan fingerprint density at radius 2 is 2.00 bits per heavy atom. The molecule has 12 heavy (non-hydrogen) atoms. The highest BCUT2D eigenvalue weighted by atomic mass is 16.3. The van der Waals surface area contributed by atoms with Crippen LogP contribution in [0.15, 0.2) is 11.6 Å². The first-order chi connectivity index (χ1) is 5.57. The molecule has 0 amide bonds. The molecule has 2 atom stereocenters. The lowest BCUT2D eigenvalue weighted by atomic mass is 9.99. The van der Waals surface area contributed by atoms with Crippen LogP contribution in [0, 0.1) is 5.92 Å². The molecule has 0 aromatic heterocycles. The molecule has 2 heteroatoms. The largest absolute Gasteiger partial charge is 0.394 e. The van der Waals surface area contributed by atoms with E-state index in [2.05, 4.69) is 19.9 Å². The predicted octanol–water partition coefficient (Wildman–Crippen LogP) is 1.72. The van der Waals surface area contributed by atoms with Crippen LogP contribution < -0.4 is 0 Å². The molecule has 2 N–H and O–H groups in total.